The first-order chi connectivity index (χ1) is 16.7. The van der Waals surface area contributed by atoms with Crippen LogP contribution in [0.15, 0.2) is 91.0 Å². The van der Waals surface area contributed by atoms with E-state index < -0.39 is 26.3 Å². The van der Waals surface area contributed by atoms with Crippen LogP contribution in [0.3, 0.4) is 0 Å². The highest BCUT2D eigenvalue weighted by atomic mass is 28.4. The molecule has 184 valence electrons. The molecule has 0 saturated heterocycles. The van der Waals surface area contributed by atoms with E-state index in [1.54, 1.807) is 0 Å². The second-order valence-electron chi connectivity index (χ2n) is 9.44. The summed E-state index contributed by atoms with van der Waals surface area (Å²) in [5, 5.41) is 14.4. The SMILES string of the molecule is CC(C)(C)[Si](OC[C@H](COC(=O)C(=O)O)NCc1ccccc1)(c1ccccc1)c1ccccc1. The minimum absolute atomic E-state index is 0.115. The van der Waals surface area contributed by atoms with Crippen molar-refractivity contribution in [1.82, 2.24) is 5.32 Å². The standard InChI is InChI=1S/C28H33NO5Si/c1-28(2,3)35(24-15-9-5-10-16-24,25-17-11-6-12-18-25)34-21-23(20-33-27(32)26(30)31)29-19-22-13-7-4-8-14-22/h4-18,23,29H,19-21H2,1-3H3,(H,30,31)/t23-/m0/s1. The molecule has 0 aliphatic rings. The molecule has 0 radical (unpaired) electrons. The first kappa shape index (κ1) is 26.3. The smallest absolute Gasteiger partial charge is 0.417 e. The van der Waals surface area contributed by atoms with Gasteiger partial charge in [0.15, 0.2) is 0 Å². The number of nitrogens with one attached hydrogen (secondary N) is 1. The van der Waals surface area contributed by atoms with Crippen molar-refractivity contribution in [3.8, 4) is 0 Å². The molecular formula is C28H33NO5Si. The van der Waals surface area contributed by atoms with Crippen molar-refractivity contribution in [2.24, 2.45) is 0 Å². The average molecular weight is 492 g/mol. The second kappa shape index (κ2) is 11.9. The lowest BCUT2D eigenvalue weighted by atomic mass is 10.2. The Morgan fingerprint density at radius 3 is 1.77 bits per heavy atom. The third-order valence-corrected chi connectivity index (χ3v) is 11.0. The monoisotopic (exact) mass is 491 g/mol. The van der Waals surface area contributed by atoms with Gasteiger partial charge in [-0.05, 0) is 21.0 Å². The maximum atomic E-state index is 11.6. The van der Waals surface area contributed by atoms with Gasteiger partial charge < -0.3 is 19.6 Å². The summed E-state index contributed by atoms with van der Waals surface area (Å²) in [6.07, 6.45) is 0. The Bertz CT molecular complexity index is 1050. The largest absolute Gasteiger partial charge is 0.473 e. The van der Waals surface area contributed by atoms with Crippen molar-refractivity contribution in [2.75, 3.05) is 13.2 Å². The molecule has 6 nitrogen and oxygen atoms in total. The van der Waals surface area contributed by atoms with Crippen LogP contribution in [0.2, 0.25) is 5.04 Å². The van der Waals surface area contributed by atoms with E-state index >= 15 is 0 Å². The summed E-state index contributed by atoms with van der Waals surface area (Å²) in [6, 6.07) is 30.0. The van der Waals surface area contributed by atoms with Gasteiger partial charge in [0, 0.05) is 6.54 Å². The van der Waals surface area contributed by atoms with Gasteiger partial charge in [0.05, 0.1) is 12.6 Å². The molecule has 2 N–H and O–H groups in total. The number of benzene rings is 3. The highest BCUT2D eigenvalue weighted by molar-refractivity contribution is 6.99. The van der Waals surface area contributed by atoms with E-state index in [4.69, 9.17) is 14.3 Å². The number of carboxylic acids is 1. The van der Waals surface area contributed by atoms with E-state index in [1.807, 2.05) is 66.7 Å². The summed E-state index contributed by atoms with van der Waals surface area (Å²) < 4.78 is 12.0. The van der Waals surface area contributed by atoms with Crippen molar-refractivity contribution < 1.29 is 23.9 Å². The Morgan fingerprint density at radius 2 is 1.31 bits per heavy atom. The van der Waals surface area contributed by atoms with Crippen molar-refractivity contribution in [1.29, 1.82) is 0 Å². The summed E-state index contributed by atoms with van der Waals surface area (Å²) in [5.74, 6) is -2.89. The number of aliphatic carboxylic acids is 1. The average Bonchev–Trinajstić information content (AvgIpc) is 2.86. The van der Waals surface area contributed by atoms with E-state index in [2.05, 4.69) is 50.4 Å². The Labute approximate surface area is 208 Å². The Morgan fingerprint density at radius 1 is 0.829 bits per heavy atom. The van der Waals surface area contributed by atoms with Gasteiger partial charge in [-0.3, -0.25) is 0 Å². The third-order valence-electron chi connectivity index (χ3n) is 5.95. The summed E-state index contributed by atoms with van der Waals surface area (Å²) in [5.41, 5.74) is 1.06. The van der Waals surface area contributed by atoms with Crippen LogP contribution in [-0.4, -0.2) is 44.6 Å². The summed E-state index contributed by atoms with van der Waals surface area (Å²) in [6.45, 7) is 7.23. The maximum absolute atomic E-state index is 11.6. The Hall–Kier alpha value is -3.26. The van der Waals surface area contributed by atoms with Crippen LogP contribution in [0.5, 0.6) is 0 Å². The first-order valence-electron chi connectivity index (χ1n) is 11.7. The topological polar surface area (TPSA) is 84.9 Å². The zero-order valence-corrected chi connectivity index (χ0v) is 21.4. The molecule has 0 heterocycles. The van der Waals surface area contributed by atoms with E-state index in [0.29, 0.717) is 6.54 Å². The quantitative estimate of drug-likeness (QED) is 0.257. The maximum Gasteiger partial charge on any atom is 0.417 e. The van der Waals surface area contributed by atoms with Gasteiger partial charge in [-0.1, -0.05) is 112 Å². The normalized spacial score (nSPS) is 12.7. The fourth-order valence-electron chi connectivity index (χ4n) is 4.25. The molecule has 0 spiro atoms. The van der Waals surface area contributed by atoms with Crippen LogP contribution in [0.1, 0.15) is 26.3 Å². The van der Waals surface area contributed by atoms with Crippen LogP contribution in [-0.2, 0) is 25.3 Å². The minimum Gasteiger partial charge on any atom is -0.473 e. The Kier molecular flexibility index (Phi) is 8.98. The number of esters is 1. The first-order valence-corrected chi connectivity index (χ1v) is 13.6. The van der Waals surface area contributed by atoms with E-state index in [9.17, 15) is 9.59 Å². The molecule has 1 atom stereocenters. The summed E-state index contributed by atoms with van der Waals surface area (Å²) >= 11 is 0. The molecule has 0 aromatic heterocycles. The number of carboxylic acid groups (broad SMARTS) is 1. The summed E-state index contributed by atoms with van der Waals surface area (Å²) in [7, 11) is -2.80. The second-order valence-corrected chi connectivity index (χ2v) is 13.7. The summed E-state index contributed by atoms with van der Waals surface area (Å²) in [4.78, 5) is 22.6. The van der Waals surface area contributed by atoms with Crippen molar-refractivity contribution in [3.63, 3.8) is 0 Å². The molecule has 0 bridgehead atoms. The van der Waals surface area contributed by atoms with Gasteiger partial charge in [0.1, 0.15) is 6.61 Å². The van der Waals surface area contributed by atoms with Gasteiger partial charge in [-0.25, -0.2) is 9.59 Å². The highest BCUT2D eigenvalue weighted by Gasteiger charge is 2.50. The van der Waals surface area contributed by atoms with Crippen LogP contribution < -0.4 is 15.7 Å². The number of carbonyl (C=O) groups is 2. The van der Waals surface area contributed by atoms with Gasteiger partial charge >= 0.3 is 11.9 Å². The molecular weight excluding hydrogens is 458 g/mol. The number of hydrogen-bond donors (Lipinski definition) is 2. The molecule has 0 amide bonds. The Balaban J connectivity index is 1.92. The molecule has 3 rings (SSSR count). The van der Waals surface area contributed by atoms with Gasteiger partial charge in [-0.15, -0.1) is 0 Å². The van der Waals surface area contributed by atoms with Crippen molar-refractivity contribution in [2.45, 2.75) is 38.4 Å². The van der Waals surface area contributed by atoms with Gasteiger partial charge in [0.2, 0.25) is 0 Å². The number of hydrogen-bond acceptors (Lipinski definition) is 5. The highest BCUT2D eigenvalue weighted by Crippen LogP contribution is 2.36. The van der Waals surface area contributed by atoms with E-state index in [0.717, 1.165) is 15.9 Å². The molecule has 0 fully saturated rings. The molecule has 3 aromatic rings. The lowest BCUT2D eigenvalue weighted by molar-refractivity contribution is -0.164. The molecule has 0 saturated carbocycles. The fourth-order valence-corrected chi connectivity index (χ4v) is 8.86. The molecule has 7 heteroatoms. The van der Waals surface area contributed by atoms with Crippen LogP contribution in [0.4, 0.5) is 0 Å². The lowest BCUT2D eigenvalue weighted by Gasteiger charge is -2.43. The predicted octanol–water partition coefficient (Wildman–Crippen LogP) is 3.35. The zero-order valence-electron chi connectivity index (χ0n) is 20.4. The van der Waals surface area contributed by atoms with Crippen molar-refractivity contribution >= 4 is 30.6 Å². The zero-order chi connectivity index (χ0) is 25.3. The molecule has 0 unspecified atom stereocenters. The van der Waals surface area contributed by atoms with E-state index in [1.165, 1.54) is 0 Å². The number of ether oxygens (including phenoxy) is 1. The van der Waals surface area contributed by atoms with E-state index in [-0.39, 0.29) is 18.3 Å². The number of rotatable bonds is 10. The lowest BCUT2D eigenvalue weighted by Crippen LogP contribution is -2.67. The fraction of sp³-hybridized carbons (Fsp3) is 0.286. The van der Waals surface area contributed by atoms with Crippen LogP contribution in [0.25, 0.3) is 0 Å². The molecule has 35 heavy (non-hydrogen) atoms. The number of carbonyl (C=O) groups excluding carboxylic acids is 1. The van der Waals surface area contributed by atoms with Gasteiger partial charge in [-0.2, -0.15) is 0 Å². The third kappa shape index (κ3) is 6.66. The van der Waals surface area contributed by atoms with Crippen LogP contribution in [0, 0.1) is 0 Å². The van der Waals surface area contributed by atoms with Gasteiger partial charge in [0.25, 0.3) is 8.32 Å². The molecule has 0 aliphatic heterocycles. The molecule has 3 aromatic carbocycles. The minimum atomic E-state index is -2.80. The van der Waals surface area contributed by atoms with Crippen molar-refractivity contribution in [3.05, 3.63) is 96.6 Å². The van der Waals surface area contributed by atoms with Crippen LogP contribution >= 0.6 is 0 Å². The predicted molar refractivity (Wildman–Crippen MR) is 139 cm³/mol. The molecule has 0 aliphatic carbocycles.